The van der Waals surface area contributed by atoms with Gasteiger partial charge < -0.3 is 0 Å². The molecule has 0 fully saturated rings. The molecule has 0 N–H and O–H groups in total. The summed E-state index contributed by atoms with van der Waals surface area (Å²) in [5, 5.41) is 14.2. The summed E-state index contributed by atoms with van der Waals surface area (Å²) in [6.45, 7) is 3.59. The van der Waals surface area contributed by atoms with E-state index in [1.54, 1.807) is 32.0 Å². The molecule has 0 aliphatic carbocycles. The molecular formula is C14H11Cl2N3O. The van der Waals surface area contributed by atoms with Crippen molar-refractivity contribution in [1.29, 1.82) is 5.26 Å². The van der Waals surface area contributed by atoms with Crippen LogP contribution in [0.4, 0.5) is 0 Å². The lowest BCUT2D eigenvalue weighted by Crippen LogP contribution is -2.28. The summed E-state index contributed by atoms with van der Waals surface area (Å²) >= 11 is 12.2. The Morgan fingerprint density at radius 1 is 1.30 bits per heavy atom. The molecule has 0 aliphatic heterocycles. The van der Waals surface area contributed by atoms with E-state index in [2.05, 4.69) is 5.10 Å². The first kappa shape index (κ1) is 14.6. The summed E-state index contributed by atoms with van der Waals surface area (Å²) in [7, 11) is 0. The molecule has 0 spiro atoms. The van der Waals surface area contributed by atoms with Crippen LogP contribution < -0.4 is 5.56 Å². The predicted octanol–water partition coefficient (Wildman–Crippen LogP) is 3.09. The minimum Gasteiger partial charge on any atom is -0.266 e. The third-order valence-electron chi connectivity index (χ3n) is 3.12. The molecule has 1 aromatic heterocycles. The fraction of sp³-hybridized carbons (Fsp3) is 0.214. The Balaban J connectivity index is 2.59. The maximum atomic E-state index is 12.2. The molecule has 0 saturated heterocycles. The maximum absolute atomic E-state index is 12.2. The molecule has 0 bridgehead atoms. The van der Waals surface area contributed by atoms with Crippen LogP contribution in [0.5, 0.6) is 0 Å². The SMILES string of the molecule is Cc1nn(Cc2c(Cl)cccc2Cl)c(=O)c(C#N)c1C. The first-order valence-electron chi connectivity index (χ1n) is 5.87. The Hall–Kier alpha value is -1.83. The van der Waals surface area contributed by atoms with Gasteiger partial charge in [-0.2, -0.15) is 10.4 Å². The number of aromatic nitrogens is 2. The van der Waals surface area contributed by atoms with Gasteiger partial charge in [-0.25, -0.2) is 4.68 Å². The minimum atomic E-state index is -0.438. The zero-order chi connectivity index (χ0) is 14.9. The average Bonchev–Trinajstić information content (AvgIpc) is 2.40. The van der Waals surface area contributed by atoms with Crippen LogP contribution in [-0.4, -0.2) is 9.78 Å². The number of hydrogen-bond donors (Lipinski definition) is 0. The molecule has 2 aromatic rings. The fourth-order valence-corrected chi connectivity index (χ4v) is 2.36. The summed E-state index contributed by atoms with van der Waals surface area (Å²) < 4.78 is 1.22. The van der Waals surface area contributed by atoms with E-state index in [0.717, 1.165) is 0 Å². The number of nitriles is 1. The second kappa shape index (κ2) is 5.66. The van der Waals surface area contributed by atoms with Crippen molar-refractivity contribution in [1.82, 2.24) is 9.78 Å². The number of benzene rings is 1. The highest BCUT2D eigenvalue weighted by Crippen LogP contribution is 2.24. The van der Waals surface area contributed by atoms with Crippen LogP contribution in [0.25, 0.3) is 0 Å². The van der Waals surface area contributed by atoms with Gasteiger partial charge >= 0.3 is 0 Å². The van der Waals surface area contributed by atoms with Crippen molar-refractivity contribution in [3.8, 4) is 6.07 Å². The van der Waals surface area contributed by atoms with E-state index in [9.17, 15) is 4.79 Å². The van der Waals surface area contributed by atoms with Crippen LogP contribution in [0.15, 0.2) is 23.0 Å². The zero-order valence-corrected chi connectivity index (χ0v) is 12.5. The molecule has 0 amide bonds. The molecule has 0 aliphatic rings. The second-order valence-corrected chi connectivity index (χ2v) is 5.17. The summed E-state index contributed by atoms with van der Waals surface area (Å²) in [5.74, 6) is 0. The Morgan fingerprint density at radius 3 is 2.45 bits per heavy atom. The van der Waals surface area contributed by atoms with Crippen molar-refractivity contribution in [3.63, 3.8) is 0 Å². The Labute approximate surface area is 126 Å². The van der Waals surface area contributed by atoms with Gasteiger partial charge in [-0.3, -0.25) is 4.79 Å². The van der Waals surface area contributed by atoms with Gasteiger partial charge in [0.05, 0.1) is 12.2 Å². The third-order valence-corrected chi connectivity index (χ3v) is 3.83. The van der Waals surface area contributed by atoms with Crippen molar-refractivity contribution in [2.75, 3.05) is 0 Å². The lowest BCUT2D eigenvalue weighted by molar-refractivity contribution is 0.623. The summed E-state index contributed by atoms with van der Waals surface area (Å²) in [5.41, 5.74) is 1.49. The first-order valence-corrected chi connectivity index (χ1v) is 6.62. The molecule has 1 heterocycles. The van der Waals surface area contributed by atoms with E-state index >= 15 is 0 Å². The molecule has 0 unspecified atom stereocenters. The van der Waals surface area contributed by atoms with Crippen LogP contribution in [0, 0.1) is 25.2 Å². The molecule has 0 atom stereocenters. The second-order valence-electron chi connectivity index (χ2n) is 4.36. The molecule has 0 radical (unpaired) electrons. The van der Waals surface area contributed by atoms with E-state index in [1.807, 2.05) is 6.07 Å². The van der Waals surface area contributed by atoms with Gasteiger partial charge in [0.2, 0.25) is 0 Å². The molecular weight excluding hydrogens is 297 g/mol. The molecule has 6 heteroatoms. The van der Waals surface area contributed by atoms with Crippen LogP contribution in [-0.2, 0) is 6.54 Å². The van der Waals surface area contributed by atoms with E-state index in [-0.39, 0.29) is 12.1 Å². The highest BCUT2D eigenvalue weighted by molar-refractivity contribution is 6.35. The van der Waals surface area contributed by atoms with Gasteiger partial charge in [0.25, 0.3) is 5.56 Å². The van der Waals surface area contributed by atoms with Gasteiger partial charge in [-0.05, 0) is 31.5 Å². The first-order chi connectivity index (χ1) is 9.45. The van der Waals surface area contributed by atoms with Crippen molar-refractivity contribution in [3.05, 3.63) is 61.0 Å². The zero-order valence-electron chi connectivity index (χ0n) is 10.9. The third kappa shape index (κ3) is 2.55. The summed E-state index contributed by atoms with van der Waals surface area (Å²) in [6, 6.07) is 7.04. The Bertz CT molecular complexity index is 755. The predicted molar refractivity (Wildman–Crippen MR) is 78.3 cm³/mol. The molecule has 0 saturated carbocycles. The van der Waals surface area contributed by atoms with Gasteiger partial charge in [0.15, 0.2) is 0 Å². The highest BCUT2D eigenvalue weighted by atomic mass is 35.5. The van der Waals surface area contributed by atoms with Crippen molar-refractivity contribution in [2.24, 2.45) is 0 Å². The van der Waals surface area contributed by atoms with Gasteiger partial charge in [0, 0.05) is 15.6 Å². The molecule has 4 nitrogen and oxygen atoms in total. The van der Waals surface area contributed by atoms with Crippen LogP contribution >= 0.6 is 23.2 Å². The van der Waals surface area contributed by atoms with Crippen LogP contribution in [0.1, 0.15) is 22.4 Å². The summed E-state index contributed by atoms with van der Waals surface area (Å²) in [4.78, 5) is 12.2. The van der Waals surface area contributed by atoms with Crippen LogP contribution in [0.3, 0.4) is 0 Å². The van der Waals surface area contributed by atoms with Gasteiger partial charge in [-0.1, -0.05) is 29.3 Å². The monoisotopic (exact) mass is 307 g/mol. The van der Waals surface area contributed by atoms with E-state index in [4.69, 9.17) is 28.5 Å². The largest absolute Gasteiger partial charge is 0.285 e. The lowest BCUT2D eigenvalue weighted by atomic mass is 10.1. The van der Waals surface area contributed by atoms with Crippen LogP contribution in [0.2, 0.25) is 10.0 Å². The summed E-state index contributed by atoms with van der Waals surface area (Å²) in [6.07, 6.45) is 0. The maximum Gasteiger partial charge on any atom is 0.285 e. The van der Waals surface area contributed by atoms with Gasteiger partial charge in [0.1, 0.15) is 11.6 Å². The molecule has 20 heavy (non-hydrogen) atoms. The topological polar surface area (TPSA) is 58.7 Å². The average molecular weight is 308 g/mol. The number of rotatable bonds is 2. The standard InChI is InChI=1S/C14H11Cl2N3O/c1-8-9(2)18-19(14(20)10(8)6-17)7-11-12(15)4-3-5-13(11)16/h3-5H,7H2,1-2H3. The molecule has 102 valence electrons. The number of hydrogen-bond acceptors (Lipinski definition) is 3. The minimum absolute atomic E-state index is 0.0978. The quantitative estimate of drug-likeness (QED) is 0.856. The molecule has 2 rings (SSSR count). The van der Waals surface area contributed by atoms with E-state index in [0.29, 0.717) is 26.9 Å². The van der Waals surface area contributed by atoms with Crippen molar-refractivity contribution >= 4 is 23.2 Å². The Kier molecular flexibility index (Phi) is 4.12. The van der Waals surface area contributed by atoms with E-state index < -0.39 is 5.56 Å². The number of nitrogens with zero attached hydrogens (tertiary/aromatic N) is 3. The van der Waals surface area contributed by atoms with Gasteiger partial charge in [-0.15, -0.1) is 0 Å². The highest BCUT2D eigenvalue weighted by Gasteiger charge is 2.14. The van der Waals surface area contributed by atoms with Crippen molar-refractivity contribution < 1.29 is 0 Å². The normalized spacial score (nSPS) is 10.3. The number of aryl methyl sites for hydroxylation is 1. The molecule has 1 aromatic carbocycles. The van der Waals surface area contributed by atoms with E-state index in [1.165, 1.54) is 4.68 Å². The number of halogens is 2. The Morgan fingerprint density at radius 2 is 1.90 bits per heavy atom. The van der Waals surface area contributed by atoms with Crippen molar-refractivity contribution in [2.45, 2.75) is 20.4 Å². The lowest BCUT2D eigenvalue weighted by Gasteiger charge is -2.11. The smallest absolute Gasteiger partial charge is 0.266 e. The fourth-order valence-electron chi connectivity index (χ4n) is 1.84.